The molecule has 1 aliphatic rings. The van der Waals surface area contributed by atoms with E-state index in [9.17, 15) is 14.7 Å². The van der Waals surface area contributed by atoms with E-state index in [-0.39, 0.29) is 6.42 Å². The first-order valence-electron chi connectivity index (χ1n) is 8.73. The largest absolute Gasteiger partial charge is 0.465 e. The molecule has 27 heavy (non-hydrogen) atoms. The van der Waals surface area contributed by atoms with Crippen molar-refractivity contribution in [3.8, 4) is 11.1 Å². The number of likely N-dealkylation sites (N-methyl/N-ethyl adjacent to an activating group) is 1. The van der Waals surface area contributed by atoms with E-state index in [4.69, 9.17) is 11.6 Å². The molecule has 0 spiro atoms. The summed E-state index contributed by atoms with van der Waals surface area (Å²) >= 11 is 5.94. The average Bonchev–Trinajstić information content (AvgIpc) is 2.68. The van der Waals surface area contributed by atoms with Crippen molar-refractivity contribution in [1.82, 2.24) is 10.2 Å². The zero-order chi connectivity index (χ0) is 19.4. The molecule has 6 nitrogen and oxygen atoms in total. The summed E-state index contributed by atoms with van der Waals surface area (Å²) in [6, 6.07) is 15.8. The van der Waals surface area contributed by atoms with Crippen molar-refractivity contribution in [2.24, 2.45) is 0 Å². The van der Waals surface area contributed by atoms with Gasteiger partial charge in [0.2, 0.25) is 0 Å². The maximum Gasteiger partial charge on any atom is 0.408 e. The Morgan fingerprint density at radius 1 is 1.15 bits per heavy atom. The number of carboxylic acid groups (broad SMARTS) is 1. The van der Waals surface area contributed by atoms with Crippen LogP contribution in [0.2, 0.25) is 5.02 Å². The Bertz CT molecular complexity index is 810. The van der Waals surface area contributed by atoms with Gasteiger partial charge in [-0.15, -0.1) is 0 Å². The van der Waals surface area contributed by atoms with Crippen molar-refractivity contribution >= 4 is 29.7 Å². The third-order valence-electron chi connectivity index (χ3n) is 5.09. The number of halogens is 1. The Balaban J connectivity index is 1.83. The average molecular weight is 388 g/mol. The molecule has 1 aliphatic heterocycles. The number of aldehydes is 1. The number of carbonyl (C=O) groups excluding carboxylic acids is 1. The Kier molecular flexibility index (Phi) is 5.68. The van der Waals surface area contributed by atoms with Gasteiger partial charge in [0, 0.05) is 30.2 Å². The first-order chi connectivity index (χ1) is 13.0. The number of anilines is 1. The molecule has 2 aromatic carbocycles. The smallest absolute Gasteiger partial charge is 0.408 e. The van der Waals surface area contributed by atoms with Gasteiger partial charge < -0.3 is 14.8 Å². The van der Waals surface area contributed by atoms with Gasteiger partial charge in [0.05, 0.1) is 6.54 Å². The van der Waals surface area contributed by atoms with Gasteiger partial charge in [-0.1, -0.05) is 35.9 Å². The van der Waals surface area contributed by atoms with Crippen LogP contribution in [-0.4, -0.2) is 54.7 Å². The number of piperazine rings is 1. The third kappa shape index (κ3) is 3.91. The molecule has 0 saturated carbocycles. The number of benzene rings is 2. The van der Waals surface area contributed by atoms with Gasteiger partial charge in [-0.25, -0.2) is 4.79 Å². The van der Waals surface area contributed by atoms with Crippen LogP contribution >= 0.6 is 11.6 Å². The lowest BCUT2D eigenvalue weighted by molar-refractivity contribution is -0.110. The van der Waals surface area contributed by atoms with Crippen LogP contribution in [-0.2, 0) is 4.79 Å². The molecule has 1 amide bonds. The van der Waals surface area contributed by atoms with Crippen LogP contribution in [0, 0.1) is 0 Å². The van der Waals surface area contributed by atoms with Crippen molar-refractivity contribution in [2.45, 2.75) is 12.1 Å². The molecule has 1 heterocycles. The second-order valence-corrected chi connectivity index (χ2v) is 7.00. The number of nitrogens with one attached hydrogen (secondary N) is 1. The fourth-order valence-corrected chi connectivity index (χ4v) is 3.68. The van der Waals surface area contributed by atoms with Gasteiger partial charge in [-0.05, 0) is 42.4 Å². The third-order valence-corrected chi connectivity index (χ3v) is 5.34. The standard InChI is InChI=1S/C20H22ClN3O3/c1-22-20(10-13-25)14-23(11-12-24(20)19(26)27)18-8-4-16(5-9-18)15-2-6-17(21)7-3-15/h2-9,13,22H,10-12,14H2,1H3,(H,26,27). The van der Waals surface area contributed by atoms with E-state index in [1.54, 1.807) is 7.05 Å². The normalized spacial score (nSPS) is 19.8. The van der Waals surface area contributed by atoms with Crippen LogP contribution in [0.4, 0.5) is 10.5 Å². The lowest BCUT2D eigenvalue weighted by Gasteiger charge is -2.49. The van der Waals surface area contributed by atoms with Crippen molar-refractivity contribution in [2.75, 3.05) is 31.6 Å². The zero-order valence-electron chi connectivity index (χ0n) is 15.1. The molecule has 2 aromatic rings. The number of hydrogen-bond acceptors (Lipinski definition) is 4. The number of carbonyl (C=O) groups is 2. The minimum atomic E-state index is -1.02. The molecule has 2 N–H and O–H groups in total. The highest BCUT2D eigenvalue weighted by molar-refractivity contribution is 6.30. The number of nitrogens with zero attached hydrogens (tertiary/aromatic N) is 2. The molecule has 1 unspecified atom stereocenters. The van der Waals surface area contributed by atoms with Gasteiger partial charge in [-0.3, -0.25) is 10.2 Å². The minimum Gasteiger partial charge on any atom is -0.465 e. The minimum absolute atomic E-state index is 0.0924. The van der Waals surface area contributed by atoms with Crippen molar-refractivity contribution < 1.29 is 14.7 Å². The van der Waals surface area contributed by atoms with Crippen molar-refractivity contribution in [3.63, 3.8) is 0 Å². The first kappa shape index (κ1) is 19.2. The number of amides is 1. The van der Waals surface area contributed by atoms with Crippen molar-refractivity contribution in [1.29, 1.82) is 0 Å². The lowest BCUT2D eigenvalue weighted by atomic mass is 9.99. The Labute approximate surface area is 163 Å². The Morgan fingerprint density at radius 2 is 1.74 bits per heavy atom. The Morgan fingerprint density at radius 3 is 2.26 bits per heavy atom. The van der Waals surface area contributed by atoms with E-state index < -0.39 is 11.8 Å². The summed E-state index contributed by atoms with van der Waals surface area (Å²) in [5.74, 6) is 0. The van der Waals surface area contributed by atoms with E-state index in [0.29, 0.717) is 24.7 Å². The van der Waals surface area contributed by atoms with Gasteiger partial charge in [-0.2, -0.15) is 0 Å². The van der Waals surface area contributed by atoms with E-state index in [1.807, 2.05) is 48.5 Å². The molecule has 7 heteroatoms. The van der Waals surface area contributed by atoms with Gasteiger partial charge in [0.15, 0.2) is 0 Å². The van der Waals surface area contributed by atoms with Crippen LogP contribution in [0.25, 0.3) is 11.1 Å². The number of hydrogen-bond donors (Lipinski definition) is 2. The van der Waals surface area contributed by atoms with Crippen molar-refractivity contribution in [3.05, 3.63) is 53.6 Å². The summed E-state index contributed by atoms with van der Waals surface area (Å²) in [4.78, 5) is 26.2. The van der Waals surface area contributed by atoms with Crippen LogP contribution < -0.4 is 10.2 Å². The second-order valence-electron chi connectivity index (χ2n) is 6.56. The SMILES string of the molecule is CNC1(CC=O)CN(c2ccc(-c3ccc(Cl)cc3)cc2)CCN1C(=O)O. The van der Waals surface area contributed by atoms with Crippen LogP contribution in [0.15, 0.2) is 48.5 Å². The molecule has 0 bridgehead atoms. The highest BCUT2D eigenvalue weighted by Crippen LogP contribution is 2.29. The van der Waals surface area contributed by atoms with Gasteiger partial charge >= 0.3 is 6.09 Å². The molecule has 0 aliphatic carbocycles. The predicted molar refractivity (Wildman–Crippen MR) is 106 cm³/mol. The van der Waals surface area contributed by atoms with Crippen LogP contribution in [0.5, 0.6) is 0 Å². The topological polar surface area (TPSA) is 72.9 Å². The molecule has 0 aromatic heterocycles. The fourth-order valence-electron chi connectivity index (χ4n) is 3.55. The van der Waals surface area contributed by atoms with E-state index >= 15 is 0 Å². The summed E-state index contributed by atoms with van der Waals surface area (Å²) in [6.45, 7) is 1.28. The highest BCUT2D eigenvalue weighted by atomic mass is 35.5. The molecule has 1 fully saturated rings. The maximum atomic E-state index is 11.6. The fraction of sp³-hybridized carbons (Fsp3) is 0.300. The van der Waals surface area contributed by atoms with E-state index in [1.165, 1.54) is 4.90 Å². The van der Waals surface area contributed by atoms with Crippen LogP contribution in [0.3, 0.4) is 0 Å². The quantitative estimate of drug-likeness (QED) is 0.770. The molecule has 1 saturated heterocycles. The molecule has 3 rings (SSSR count). The summed E-state index contributed by atoms with van der Waals surface area (Å²) in [5, 5.41) is 13.3. The van der Waals surface area contributed by atoms with Gasteiger partial charge in [0.25, 0.3) is 0 Å². The summed E-state index contributed by atoms with van der Waals surface area (Å²) in [6.07, 6.45) is -0.168. The zero-order valence-corrected chi connectivity index (χ0v) is 15.8. The summed E-state index contributed by atoms with van der Waals surface area (Å²) < 4.78 is 0. The molecule has 0 radical (unpaired) electrons. The highest BCUT2D eigenvalue weighted by Gasteiger charge is 2.43. The monoisotopic (exact) mass is 387 g/mol. The molecular formula is C20H22ClN3O3. The Hall–Kier alpha value is -2.57. The van der Waals surface area contributed by atoms with E-state index in [0.717, 1.165) is 23.1 Å². The number of rotatable bonds is 5. The lowest BCUT2D eigenvalue weighted by Crippen LogP contribution is -2.69. The first-order valence-corrected chi connectivity index (χ1v) is 9.11. The van der Waals surface area contributed by atoms with E-state index in [2.05, 4.69) is 10.2 Å². The summed E-state index contributed by atoms with van der Waals surface area (Å²) in [5.41, 5.74) is 2.21. The predicted octanol–water partition coefficient (Wildman–Crippen LogP) is 3.31. The molecule has 1 atom stereocenters. The maximum absolute atomic E-state index is 11.6. The molecular weight excluding hydrogens is 366 g/mol. The summed E-state index contributed by atoms with van der Waals surface area (Å²) in [7, 11) is 1.69. The molecule has 142 valence electrons. The second kappa shape index (κ2) is 7.98. The van der Waals surface area contributed by atoms with Gasteiger partial charge in [0.1, 0.15) is 11.9 Å². The van der Waals surface area contributed by atoms with Crippen LogP contribution in [0.1, 0.15) is 6.42 Å².